The number of cyclic esters (lactones) is 1. The van der Waals surface area contributed by atoms with E-state index >= 15 is 0 Å². The minimum Gasteiger partial charge on any atom is -0.458 e. The largest absolute Gasteiger partial charge is 0.458 e. The quantitative estimate of drug-likeness (QED) is 0.374. The summed E-state index contributed by atoms with van der Waals surface area (Å²) in [6, 6.07) is -0.275. The molecule has 4 N–H and O–H groups in total. The van der Waals surface area contributed by atoms with Gasteiger partial charge < -0.3 is 20.7 Å². The van der Waals surface area contributed by atoms with Crippen molar-refractivity contribution in [3.8, 4) is 10.0 Å². The van der Waals surface area contributed by atoms with Gasteiger partial charge in [0.1, 0.15) is 11.9 Å². The lowest BCUT2D eigenvalue weighted by molar-refractivity contribution is -0.154. The number of aryl methyl sites for hydroxylation is 1. The number of ether oxygens (including phenoxy) is 1. The van der Waals surface area contributed by atoms with Gasteiger partial charge in [-0.05, 0) is 49.7 Å². The third kappa shape index (κ3) is 8.32. The number of hydrogen-bond acceptors (Lipinski definition) is 10. The van der Waals surface area contributed by atoms with Crippen molar-refractivity contribution in [2.45, 2.75) is 112 Å². The predicted octanol–water partition coefficient (Wildman–Crippen LogP) is 5.80. The van der Waals surface area contributed by atoms with Crippen molar-refractivity contribution in [3.63, 3.8) is 0 Å². The zero-order valence-electron chi connectivity index (χ0n) is 25.6. The highest BCUT2D eigenvalue weighted by Crippen LogP contribution is 2.36. The van der Waals surface area contributed by atoms with Crippen molar-refractivity contribution < 1.29 is 24.5 Å². The molecule has 8 nitrogen and oxygen atoms in total. The number of hydrogen-bond donors (Lipinski definition) is 3. The summed E-state index contributed by atoms with van der Waals surface area (Å²) in [5.41, 5.74) is 7.77. The molecular weight excluding hydrogens is 558 g/mol. The van der Waals surface area contributed by atoms with Gasteiger partial charge in [0.05, 0.1) is 29.7 Å². The Morgan fingerprint density at radius 2 is 1.73 bits per heavy atom. The van der Waals surface area contributed by atoms with E-state index in [1.807, 2.05) is 37.6 Å². The average molecular weight is 606 g/mol. The van der Waals surface area contributed by atoms with Gasteiger partial charge >= 0.3 is 5.97 Å². The Labute approximate surface area is 252 Å². The van der Waals surface area contributed by atoms with Crippen LogP contribution in [0.4, 0.5) is 0 Å². The molecule has 3 rings (SSSR count). The molecule has 6 atom stereocenters. The van der Waals surface area contributed by atoms with E-state index in [-0.39, 0.29) is 29.6 Å². The molecule has 0 aliphatic carbocycles. The van der Waals surface area contributed by atoms with Crippen LogP contribution >= 0.6 is 22.7 Å². The van der Waals surface area contributed by atoms with Crippen molar-refractivity contribution in [1.29, 1.82) is 0 Å². The number of aliphatic hydroxyl groups is 2. The molecule has 0 bridgehead atoms. The topological polar surface area (TPSA) is 136 Å². The molecular formula is C31H47N3O5S2. The van der Waals surface area contributed by atoms with Crippen molar-refractivity contribution >= 4 is 40.5 Å². The Bertz CT molecular complexity index is 1230. The van der Waals surface area contributed by atoms with Gasteiger partial charge in [-0.25, -0.2) is 9.97 Å². The third-order valence-electron chi connectivity index (χ3n) is 8.77. The van der Waals surface area contributed by atoms with E-state index in [4.69, 9.17) is 15.5 Å². The van der Waals surface area contributed by atoms with Crippen molar-refractivity contribution in [1.82, 2.24) is 9.97 Å². The first-order valence-corrected chi connectivity index (χ1v) is 16.2. The molecule has 2 aromatic heterocycles. The van der Waals surface area contributed by atoms with E-state index in [0.29, 0.717) is 6.42 Å². The highest BCUT2D eigenvalue weighted by Gasteiger charge is 2.42. The van der Waals surface area contributed by atoms with Crippen LogP contribution < -0.4 is 5.73 Å². The number of rotatable bonds is 3. The Morgan fingerprint density at radius 1 is 1.10 bits per heavy atom. The molecule has 41 heavy (non-hydrogen) atoms. The zero-order valence-corrected chi connectivity index (χ0v) is 27.3. The third-order valence-corrected chi connectivity index (χ3v) is 10.7. The number of aromatic nitrogens is 2. The van der Waals surface area contributed by atoms with Crippen molar-refractivity contribution in [2.75, 3.05) is 0 Å². The summed E-state index contributed by atoms with van der Waals surface area (Å²) < 4.78 is 5.97. The first kappa shape index (κ1) is 33.5. The van der Waals surface area contributed by atoms with Crippen LogP contribution in [0.15, 0.2) is 16.3 Å². The Kier molecular flexibility index (Phi) is 11.1. The maximum absolute atomic E-state index is 13.4. The van der Waals surface area contributed by atoms with E-state index in [1.54, 1.807) is 32.1 Å². The number of nitrogens with two attached hydrogens (primary N) is 1. The van der Waals surface area contributed by atoms with E-state index < -0.39 is 35.6 Å². The smallest absolute Gasteiger partial charge is 0.309 e. The molecule has 0 unspecified atom stereocenters. The van der Waals surface area contributed by atoms with Gasteiger partial charge in [-0.3, -0.25) is 9.59 Å². The van der Waals surface area contributed by atoms with E-state index in [9.17, 15) is 19.8 Å². The van der Waals surface area contributed by atoms with Gasteiger partial charge in [-0.1, -0.05) is 48.0 Å². The number of thiazole rings is 2. The minimum absolute atomic E-state index is 0.0963. The summed E-state index contributed by atoms with van der Waals surface area (Å²) in [6.45, 7) is 15.0. The first-order chi connectivity index (χ1) is 19.0. The Hall–Kier alpha value is -1.98. The van der Waals surface area contributed by atoms with Gasteiger partial charge in [0.15, 0.2) is 10.0 Å². The number of nitrogens with zero attached hydrogens (tertiary/aromatic N) is 2. The fourth-order valence-electron chi connectivity index (χ4n) is 5.36. The highest BCUT2D eigenvalue weighted by atomic mass is 32.1. The molecule has 0 aromatic carbocycles. The second-order valence-corrected chi connectivity index (χ2v) is 14.7. The maximum Gasteiger partial charge on any atom is 0.309 e. The number of Topliss-reactive ketones (excluding diaryl/α,β-unsaturated/α-hetero) is 1. The monoisotopic (exact) mass is 605 g/mol. The van der Waals surface area contributed by atoms with E-state index in [0.717, 1.165) is 46.2 Å². The van der Waals surface area contributed by atoms with Crippen LogP contribution in [0.1, 0.15) is 92.0 Å². The van der Waals surface area contributed by atoms with Gasteiger partial charge in [-0.2, -0.15) is 0 Å². The number of ketones is 1. The van der Waals surface area contributed by atoms with Gasteiger partial charge in [0.2, 0.25) is 0 Å². The summed E-state index contributed by atoms with van der Waals surface area (Å²) >= 11 is 3.06. The van der Waals surface area contributed by atoms with E-state index in [2.05, 4.69) is 18.8 Å². The van der Waals surface area contributed by atoms with Crippen molar-refractivity contribution in [3.05, 3.63) is 27.7 Å². The number of carbonyl (C=O) groups is 2. The van der Waals surface area contributed by atoms with Crippen molar-refractivity contribution in [2.24, 2.45) is 28.4 Å². The predicted molar refractivity (Wildman–Crippen MR) is 165 cm³/mol. The summed E-state index contributed by atoms with van der Waals surface area (Å²) in [7, 11) is 0. The molecule has 0 spiro atoms. The minimum atomic E-state index is -1.27. The molecule has 0 amide bonds. The molecule has 1 fully saturated rings. The summed E-state index contributed by atoms with van der Waals surface area (Å²) in [6.07, 6.45) is 1.65. The lowest BCUT2D eigenvalue weighted by Crippen LogP contribution is -2.46. The van der Waals surface area contributed by atoms with Crippen LogP contribution in [0.2, 0.25) is 0 Å². The average Bonchev–Trinajstić information content (AvgIpc) is 3.54. The standard InChI is InChI=1S/C31H47N3O5S2/c1-17-10-9-11-30(5,6)23(32)13-22(18(2)12-21-16-41-29(34-21)28-33-19(3)15-40-28)39-25(36)14-24(35)31(7,8)27(38)20(4)26(17)37/h12,15-17,20,22-24,26,35,37H,9-11,13-14,32H2,1-8H3/b18-12+/t17-,20+,22-,23-,24-,26-/m0/s1. The number of esters is 1. The van der Waals surface area contributed by atoms with Crippen LogP contribution in [-0.4, -0.2) is 56.3 Å². The van der Waals surface area contributed by atoms with Crippen LogP contribution in [-0.2, 0) is 14.3 Å². The van der Waals surface area contributed by atoms with Gasteiger partial charge in [0.25, 0.3) is 0 Å². The molecule has 1 aliphatic heterocycles. The number of aliphatic hydroxyl groups excluding tert-OH is 2. The van der Waals surface area contributed by atoms with Crippen LogP contribution in [0.3, 0.4) is 0 Å². The lowest BCUT2D eigenvalue weighted by Gasteiger charge is -2.37. The highest BCUT2D eigenvalue weighted by molar-refractivity contribution is 7.19. The molecule has 0 saturated carbocycles. The Balaban J connectivity index is 1.90. The molecule has 2 aromatic rings. The zero-order chi connectivity index (χ0) is 30.7. The van der Waals surface area contributed by atoms with E-state index in [1.165, 1.54) is 11.3 Å². The second-order valence-electron chi connectivity index (χ2n) is 13.0. The number of carbonyl (C=O) groups excluding carboxylic acids is 2. The SMILES string of the molecule is C/C(=C\c1csc(-c2nc(C)cs2)n1)[C@@H]1C[C@H](N)C(C)(C)CCC[C@H](C)[C@H](O)[C@@H](C)C(=O)C(C)(C)[C@@H](O)CC(=O)O1. The maximum atomic E-state index is 13.4. The first-order valence-electron chi connectivity index (χ1n) is 14.4. The Morgan fingerprint density at radius 3 is 2.37 bits per heavy atom. The molecule has 0 radical (unpaired) electrons. The summed E-state index contributed by atoms with van der Waals surface area (Å²) in [5, 5.41) is 27.6. The molecule has 228 valence electrons. The normalized spacial score (nSPS) is 30.7. The lowest BCUT2D eigenvalue weighted by atomic mass is 9.72. The fourth-order valence-corrected chi connectivity index (χ4v) is 6.98. The summed E-state index contributed by atoms with van der Waals surface area (Å²) in [5.74, 6) is -1.65. The fraction of sp³-hybridized carbons (Fsp3) is 0.677. The van der Waals surface area contributed by atoms with Gasteiger partial charge in [-0.15, -0.1) is 22.7 Å². The second kappa shape index (κ2) is 13.5. The molecule has 10 heteroatoms. The summed E-state index contributed by atoms with van der Waals surface area (Å²) in [4.78, 5) is 35.8. The van der Waals surface area contributed by atoms with Crippen LogP contribution in [0.25, 0.3) is 16.1 Å². The van der Waals surface area contributed by atoms with Gasteiger partial charge in [0, 0.05) is 34.8 Å². The van der Waals surface area contributed by atoms with Crippen LogP contribution in [0.5, 0.6) is 0 Å². The van der Waals surface area contributed by atoms with Crippen LogP contribution in [0, 0.1) is 29.6 Å². The molecule has 1 saturated heterocycles. The molecule has 1 aliphatic rings. The molecule has 3 heterocycles.